The standard InChI is InChI=1S/C44H46F6S2/c1-3-4-5-14-21-30(2)40-34(28-36(51-40)31-22-15-8-6-9-16-23-31)38-39(43(47,48)44(49,50)42(38,45)46)35-29-37(32-24-17-12-13-18-25-32)52-41(35,40)33-26-19-10-7-11-20-27-33/h6-11,15-16,19-20,22-23,26-30,32H,3-5,12-14,17-18,21,24-25H2,1-2H3/b8-6-,9-6?,10-7-,11-7?,15-8?,16-9-,19-10?,20-11-,22-15?,23-16?,26-19?,27-20?,31-22?,31-23?,33-26?,33-27?/t30?,40-,41-/m1/s1. The second-order valence-electron chi connectivity index (χ2n) is 14.9. The first-order valence-corrected chi connectivity index (χ1v) is 20.5. The van der Waals surface area contributed by atoms with Gasteiger partial charge in [0.25, 0.3) is 0 Å². The topological polar surface area (TPSA) is 0 Å². The van der Waals surface area contributed by atoms with Crippen molar-refractivity contribution in [1.29, 1.82) is 0 Å². The fourth-order valence-electron chi connectivity index (χ4n) is 9.14. The van der Waals surface area contributed by atoms with E-state index < -0.39 is 38.4 Å². The molecule has 3 atom stereocenters. The highest BCUT2D eigenvalue weighted by Crippen LogP contribution is 2.78. The molecule has 2 heterocycles. The van der Waals surface area contributed by atoms with Crippen molar-refractivity contribution in [2.75, 3.05) is 0 Å². The number of unbranched alkanes of at least 4 members (excludes halogenated alkanes) is 3. The maximum absolute atomic E-state index is 16.6. The first-order chi connectivity index (χ1) is 24.9. The zero-order valence-corrected chi connectivity index (χ0v) is 31.4. The summed E-state index contributed by atoms with van der Waals surface area (Å²) >= 11 is 2.90. The van der Waals surface area contributed by atoms with Crippen LogP contribution in [0.15, 0.2) is 140 Å². The van der Waals surface area contributed by atoms with Crippen LogP contribution in [0.2, 0.25) is 0 Å². The Kier molecular flexibility index (Phi) is 10.4. The highest BCUT2D eigenvalue weighted by Gasteiger charge is 2.85. The third-order valence-electron chi connectivity index (χ3n) is 11.7. The average Bonchev–Trinajstić information content (AvgIpc) is 3.59. The Labute approximate surface area is 312 Å². The van der Waals surface area contributed by atoms with E-state index in [-0.39, 0.29) is 23.0 Å². The molecule has 5 aliphatic carbocycles. The van der Waals surface area contributed by atoms with Gasteiger partial charge in [0.1, 0.15) is 0 Å². The first-order valence-electron chi connectivity index (χ1n) is 18.8. The van der Waals surface area contributed by atoms with Crippen molar-refractivity contribution in [1.82, 2.24) is 0 Å². The number of fused-ring (bicyclic) bond motifs is 4. The maximum atomic E-state index is 16.6. The summed E-state index contributed by atoms with van der Waals surface area (Å²) in [4.78, 5) is 1.46. The number of halogens is 6. The minimum atomic E-state index is -5.61. The zero-order chi connectivity index (χ0) is 36.8. The first kappa shape index (κ1) is 37.5. The van der Waals surface area contributed by atoms with Crippen molar-refractivity contribution in [2.24, 2.45) is 11.8 Å². The number of thioether (sulfide) groups is 2. The lowest BCUT2D eigenvalue weighted by molar-refractivity contribution is -0.258. The van der Waals surface area contributed by atoms with Gasteiger partial charge < -0.3 is 0 Å². The van der Waals surface area contributed by atoms with E-state index in [1.54, 1.807) is 12.2 Å². The largest absolute Gasteiger partial charge is 0.380 e. The van der Waals surface area contributed by atoms with E-state index in [0.29, 0.717) is 22.5 Å². The molecule has 0 aromatic heterocycles. The molecule has 7 rings (SSSR count). The van der Waals surface area contributed by atoms with Crippen molar-refractivity contribution in [3.8, 4) is 0 Å². The lowest BCUT2D eigenvalue weighted by Crippen LogP contribution is -2.57. The van der Waals surface area contributed by atoms with Crippen LogP contribution in [0.4, 0.5) is 26.3 Å². The predicted octanol–water partition coefficient (Wildman–Crippen LogP) is 14.0. The number of hydrogen-bond acceptors (Lipinski definition) is 2. The molecule has 0 radical (unpaired) electrons. The molecule has 0 amide bonds. The van der Waals surface area contributed by atoms with Gasteiger partial charge in [-0.1, -0.05) is 150 Å². The monoisotopic (exact) mass is 752 g/mol. The lowest BCUT2D eigenvalue weighted by atomic mass is 9.61. The third kappa shape index (κ3) is 5.67. The van der Waals surface area contributed by atoms with E-state index in [1.165, 1.54) is 23.5 Å². The van der Waals surface area contributed by atoms with Gasteiger partial charge in [-0.25, -0.2) is 0 Å². The number of rotatable bonds is 9. The van der Waals surface area contributed by atoms with Gasteiger partial charge in [-0.2, -0.15) is 26.3 Å². The summed E-state index contributed by atoms with van der Waals surface area (Å²) in [6, 6.07) is 0. The SMILES string of the molecule is CCCCCCC(C)[C@@]12SC(C3=C/C=C\C=C/C=C3)=CC1=C1C(=C3C=C(C4CCCCCC4)S[C@]32C2=C/C=C\C=C/C=C2)C(F)(F)C(F)(F)C1(F)F. The fraction of sp³-hybridized carbons (Fsp3) is 0.455. The van der Waals surface area contributed by atoms with Crippen LogP contribution in [0, 0.1) is 11.8 Å². The summed E-state index contributed by atoms with van der Waals surface area (Å²) in [6.07, 6.45) is 39.4. The van der Waals surface area contributed by atoms with Crippen LogP contribution >= 0.6 is 23.5 Å². The minimum Gasteiger partial charge on any atom is -0.194 e. The van der Waals surface area contributed by atoms with Crippen LogP contribution < -0.4 is 0 Å². The van der Waals surface area contributed by atoms with E-state index in [9.17, 15) is 0 Å². The van der Waals surface area contributed by atoms with Crippen LogP contribution in [0.3, 0.4) is 0 Å². The molecule has 0 bridgehead atoms. The second kappa shape index (κ2) is 14.4. The van der Waals surface area contributed by atoms with Crippen LogP contribution in [-0.4, -0.2) is 27.3 Å². The molecular formula is C44H46F6S2. The summed E-state index contributed by atoms with van der Waals surface area (Å²) < 4.78 is 95.7. The Hall–Kier alpha value is -2.84. The molecule has 0 aromatic rings. The molecule has 52 heavy (non-hydrogen) atoms. The van der Waals surface area contributed by atoms with Crippen molar-refractivity contribution in [2.45, 2.75) is 112 Å². The van der Waals surface area contributed by atoms with Crippen molar-refractivity contribution in [3.63, 3.8) is 0 Å². The molecule has 0 aromatic carbocycles. The Morgan fingerprint density at radius 2 is 1.29 bits per heavy atom. The minimum absolute atomic E-state index is 0.0310. The number of hydrogen-bond donors (Lipinski definition) is 0. The Morgan fingerprint density at radius 1 is 0.673 bits per heavy atom. The normalized spacial score (nSPS) is 33.2. The van der Waals surface area contributed by atoms with Gasteiger partial charge >= 0.3 is 17.8 Å². The van der Waals surface area contributed by atoms with Crippen molar-refractivity contribution in [3.05, 3.63) is 140 Å². The Bertz CT molecular complexity index is 1830. The molecule has 0 spiro atoms. The van der Waals surface area contributed by atoms with Gasteiger partial charge in [-0.05, 0) is 70.4 Å². The van der Waals surface area contributed by atoms with Gasteiger partial charge in [-0.3, -0.25) is 0 Å². The summed E-state index contributed by atoms with van der Waals surface area (Å²) in [7, 11) is 0. The predicted molar refractivity (Wildman–Crippen MR) is 206 cm³/mol. The zero-order valence-electron chi connectivity index (χ0n) is 29.8. The highest BCUT2D eigenvalue weighted by molar-refractivity contribution is 8.09. The summed E-state index contributed by atoms with van der Waals surface area (Å²) in [5.74, 6) is -16.1. The average molecular weight is 753 g/mol. The van der Waals surface area contributed by atoms with Gasteiger partial charge in [0, 0.05) is 16.1 Å². The summed E-state index contributed by atoms with van der Waals surface area (Å²) in [5, 5.41) is 0. The van der Waals surface area contributed by atoms with E-state index in [4.69, 9.17) is 0 Å². The van der Waals surface area contributed by atoms with Gasteiger partial charge in [0.15, 0.2) is 0 Å². The molecule has 8 heteroatoms. The molecule has 276 valence electrons. The van der Waals surface area contributed by atoms with E-state index in [0.717, 1.165) is 69.1 Å². The lowest BCUT2D eigenvalue weighted by Gasteiger charge is -2.55. The third-order valence-corrected chi connectivity index (χ3v) is 15.5. The van der Waals surface area contributed by atoms with Crippen LogP contribution in [0.25, 0.3) is 0 Å². The van der Waals surface area contributed by atoms with Crippen molar-refractivity contribution < 1.29 is 26.3 Å². The molecule has 0 saturated heterocycles. The van der Waals surface area contributed by atoms with E-state index in [2.05, 4.69) is 6.92 Å². The van der Waals surface area contributed by atoms with Gasteiger partial charge in [0.05, 0.1) is 9.49 Å². The molecule has 0 nitrogen and oxygen atoms in total. The second-order valence-corrected chi connectivity index (χ2v) is 17.5. The van der Waals surface area contributed by atoms with Gasteiger partial charge in [0.2, 0.25) is 0 Å². The molecule has 0 N–H and O–H groups in total. The quantitative estimate of drug-likeness (QED) is 0.131. The Balaban J connectivity index is 1.58. The van der Waals surface area contributed by atoms with E-state index in [1.807, 2.05) is 92.0 Å². The van der Waals surface area contributed by atoms with Crippen LogP contribution in [0.1, 0.15) is 84.5 Å². The number of alkyl halides is 6. The van der Waals surface area contributed by atoms with Crippen molar-refractivity contribution >= 4 is 23.5 Å². The van der Waals surface area contributed by atoms with Crippen LogP contribution in [0.5, 0.6) is 0 Å². The van der Waals surface area contributed by atoms with E-state index >= 15 is 26.3 Å². The molecule has 2 aliphatic heterocycles. The van der Waals surface area contributed by atoms with Crippen LogP contribution in [-0.2, 0) is 0 Å². The Morgan fingerprint density at radius 3 is 1.98 bits per heavy atom. The highest BCUT2D eigenvalue weighted by atomic mass is 32.2. The molecule has 2 saturated carbocycles. The summed E-state index contributed by atoms with van der Waals surface area (Å²) in [6.45, 7) is 4.15. The number of allylic oxidation sites excluding steroid dienone is 20. The summed E-state index contributed by atoms with van der Waals surface area (Å²) in [5.41, 5.74) is -1.13. The van der Waals surface area contributed by atoms with Gasteiger partial charge in [-0.15, -0.1) is 23.5 Å². The molecule has 7 aliphatic rings. The fourth-order valence-corrected chi connectivity index (χ4v) is 13.0. The molecule has 2 fully saturated rings. The smallest absolute Gasteiger partial charge is 0.194 e. The molecular weight excluding hydrogens is 707 g/mol. The maximum Gasteiger partial charge on any atom is 0.380 e. The molecule has 1 unspecified atom stereocenters.